The summed E-state index contributed by atoms with van der Waals surface area (Å²) in [6, 6.07) is 7.62. The highest BCUT2D eigenvalue weighted by molar-refractivity contribution is 5.91. The summed E-state index contributed by atoms with van der Waals surface area (Å²) < 4.78 is 18.9. The zero-order valence-electron chi connectivity index (χ0n) is 21.2. The number of anilines is 2. The van der Waals surface area contributed by atoms with Crippen molar-refractivity contribution in [3.63, 3.8) is 0 Å². The summed E-state index contributed by atoms with van der Waals surface area (Å²) in [5.74, 6) is 1.47. The van der Waals surface area contributed by atoms with Crippen LogP contribution in [0.15, 0.2) is 30.5 Å². The molecule has 1 saturated carbocycles. The molecular formula is C26H33N7O4. The van der Waals surface area contributed by atoms with E-state index in [0.717, 1.165) is 66.9 Å². The van der Waals surface area contributed by atoms with Gasteiger partial charge < -0.3 is 29.7 Å². The fraction of sp³-hybridized carbons (Fsp3) is 0.538. The molecule has 3 fully saturated rings. The summed E-state index contributed by atoms with van der Waals surface area (Å²) >= 11 is 0. The van der Waals surface area contributed by atoms with Crippen molar-refractivity contribution in [2.75, 3.05) is 50.7 Å². The Bertz CT molecular complexity index is 1240. The number of urea groups is 1. The Morgan fingerprint density at radius 1 is 1.05 bits per heavy atom. The van der Waals surface area contributed by atoms with Crippen LogP contribution in [0.3, 0.4) is 0 Å². The number of carbonyl (C=O) groups is 1. The standard InChI is InChI=1S/C26H33N7O4/c1-35-14-19(15-36-2)33-25-22(11-27-33)24(32-12-20-9-10-21(13-32)37-20)30-23(31-25)16-3-5-17(6-4-16)28-26(34)29-18-7-8-18/h3-6,11,18-21H,7-10,12-15H2,1-2H3,(H2,28,29,34). The third-order valence-electron chi connectivity index (χ3n) is 7.15. The number of fused-ring (bicyclic) bond motifs is 3. The summed E-state index contributed by atoms with van der Waals surface area (Å²) in [5.41, 5.74) is 2.32. The van der Waals surface area contributed by atoms with E-state index in [0.29, 0.717) is 25.1 Å². The second-order valence-electron chi connectivity index (χ2n) is 10.1. The lowest BCUT2D eigenvalue weighted by molar-refractivity contribution is 0.0303. The van der Waals surface area contributed by atoms with Gasteiger partial charge in [-0.05, 0) is 49.9 Å². The third kappa shape index (κ3) is 5.11. The molecule has 3 aliphatic rings. The number of methoxy groups -OCH3 is 2. The van der Waals surface area contributed by atoms with E-state index < -0.39 is 0 Å². The van der Waals surface area contributed by atoms with Crippen LogP contribution >= 0.6 is 0 Å². The summed E-state index contributed by atoms with van der Waals surface area (Å²) in [7, 11) is 3.34. The van der Waals surface area contributed by atoms with E-state index in [2.05, 4.69) is 15.5 Å². The topological polar surface area (TPSA) is 116 Å². The van der Waals surface area contributed by atoms with Crippen LogP contribution in [0.2, 0.25) is 0 Å². The van der Waals surface area contributed by atoms with Gasteiger partial charge in [-0.1, -0.05) is 0 Å². The number of carbonyl (C=O) groups excluding carboxylic acids is 1. The quantitative estimate of drug-likeness (QED) is 0.454. The molecule has 11 nitrogen and oxygen atoms in total. The Balaban J connectivity index is 1.36. The predicted molar refractivity (Wildman–Crippen MR) is 139 cm³/mol. The van der Waals surface area contributed by atoms with Crippen molar-refractivity contribution in [2.45, 2.75) is 50.0 Å². The van der Waals surface area contributed by atoms with E-state index in [9.17, 15) is 4.79 Å². The lowest BCUT2D eigenvalue weighted by Crippen LogP contribution is -2.43. The molecule has 4 heterocycles. The van der Waals surface area contributed by atoms with Gasteiger partial charge in [-0.25, -0.2) is 19.4 Å². The minimum absolute atomic E-state index is 0.125. The van der Waals surface area contributed by atoms with Crippen LogP contribution in [-0.4, -0.2) is 84.6 Å². The maximum absolute atomic E-state index is 12.1. The monoisotopic (exact) mass is 507 g/mol. The number of morpholine rings is 1. The van der Waals surface area contributed by atoms with Gasteiger partial charge >= 0.3 is 6.03 Å². The third-order valence-corrected chi connectivity index (χ3v) is 7.15. The molecule has 11 heteroatoms. The van der Waals surface area contributed by atoms with Gasteiger partial charge in [-0.2, -0.15) is 5.10 Å². The number of aromatic nitrogens is 4. The number of rotatable bonds is 9. The number of hydrogen-bond acceptors (Lipinski definition) is 8. The van der Waals surface area contributed by atoms with Crippen molar-refractivity contribution in [1.82, 2.24) is 25.1 Å². The first-order chi connectivity index (χ1) is 18.1. The highest BCUT2D eigenvalue weighted by Gasteiger charge is 2.35. The Morgan fingerprint density at radius 2 is 1.76 bits per heavy atom. The van der Waals surface area contributed by atoms with Crippen molar-refractivity contribution in [1.29, 1.82) is 0 Å². The number of nitrogens with one attached hydrogen (secondary N) is 2. The second kappa shape index (κ2) is 10.2. The Kier molecular flexibility index (Phi) is 6.66. The van der Waals surface area contributed by atoms with E-state index in [1.165, 1.54) is 0 Å². The first kappa shape index (κ1) is 24.1. The van der Waals surface area contributed by atoms with Gasteiger partial charge in [0.25, 0.3) is 0 Å². The lowest BCUT2D eigenvalue weighted by atomic mass is 10.2. The lowest BCUT2D eigenvalue weighted by Gasteiger charge is -2.33. The SMILES string of the molecule is COCC(COC)n1ncc2c(N3CC4CCC(C3)O4)nc(-c3ccc(NC(=O)NC4CC4)cc3)nc21. The van der Waals surface area contributed by atoms with E-state index in [4.69, 9.17) is 29.3 Å². The highest BCUT2D eigenvalue weighted by Crippen LogP contribution is 2.34. The minimum Gasteiger partial charge on any atom is -0.382 e. The maximum atomic E-state index is 12.1. The molecular weight excluding hydrogens is 474 g/mol. The van der Waals surface area contributed by atoms with Crippen molar-refractivity contribution >= 4 is 28.6 Å². The highest BCUT2D eigenvalue weighted by atomic mass is 16.5. The summed E-state index contributed by atoms with van der Waals surface area (Å²) in [6.07, 6.45) is 6.54. The van der Waals surface area contributed by atoms with E-state index in [-0.39, 0.29) is 24.3 Å². The molecule has 1 aliphatic carbocycles. The number of hydrogen-bond donors (Lipinski definition) is 2. The summed E-state index contributed by atoms with van der Waals surface area (Å²) in [6.45, 7) is 2.49. The van der Waals surface area contributed by atoms with Crippen LogP contribution < -0.4 is 15.5 Å². The predicted octanol–water partition coefficient (Wildman–Crippen LogP) is 2.98. The number of amides is 2. The molecule has 2 bridgehead atoms. The molecule has 6 rings (SSSR count). The van der Waals surface area contributed by atoms with Crippen molar-refractivity contribution in [2.24, 2.45) is 0 Å². The van der Waals surface area contributed by atoms with Gasteiger partial charge in [-0.15, -0.1) is 0 Å². The van der Waals surface area contributed by atoms with Gasteiger partial charge in [0, 0.05) is 44.6 Å². The van der Waals surface area contributed by atoms with Gasteiger partial charge in [0.15, 0.2) is 11.5 Å². The Hall–Kier alpha value is -3.28. The number of nitrogens with zero attached hydrogens (tertiary/aromatic N) is 5. The number of benzene rings is 1. The molecule has 2 unspecified atom stereocenters. The van der Waals surface area contributed by atoms with Gasteiger partial charge in [0.1, 0.15) is 11.9 Å². The van der Waals surface area contributed by atoms with Crippen molar-refractivity contribution < 1.29 is 19.0 Å². The molecule has 2 atom stereocenters. The summed E-state index contributed by atoms with van der Waals surface area (Å²) in [4.78, 5) is 24.4. The molecule has 3 aromatic rings. The Labute approximate surface area is 215 Å². The zero-order chi connectivity index (χ0) is 25.4. The molecule has 2 aliphatic heterocycles. The normalized spacial score (nSPS) is 21.1. The van der Waals surface area contributed by atoms with Crippen molar-refractivity contribution in [3.8, 4) is 11.4 Å². The molecule has 2 amide bonds. The van der Waals surface area contributed by atoms with Crippen LogP contribution in [0.4, 0.5) is 16.3 Å². The molecule has 0 spiro atoms. The van der Waals surface area contributed by atoms with Gasteiger partial charge in [0.2, 0.25) is 0 Å². The molecule has 37 heavy (non-hydrogen) atoms. The van der Waals surface area contributed by atoms with E-state index in [1.54, 1.807) is 14.2 Å². The minimum atomic E-state index is -0.177. The summed E-state index contributed by atoms with van der Waals surface area (Å²) in [5, 5.41) is 11.4. The van der Waals surface area contributed by atoms with E-state index in [1.807, 2.05) is 35.1 Å². The molecule has 2 aromatic heterocycles. The average Bonchev–Trinajstić information content (AvgIpc) is 3.51. The van der Waals surface area contributed by atoms with Crippen LogP contribution in [0.25, 0.3) is 22.4 Å². The fourth-order valence-electron chi connectivity index (χ4n) is 5.19. The van der Waals surface area contributed by atoms with Crippen LogP contribution in [0.5, 0.6) is 0 Å². The van der Waals surface area contributed by atoms with Crippen LogP contribution in [-0.2, 0) is 14.2 Å². The molecule has 196 valence electrons. The average molecular weight is 508 g/mol. The second-order valence-corrected chi connectivity index (χ2v) is 10.1. The zero-order valence-corrected chi connectivity index (χ0v) is 21.2. The Morgan fingerprint density at radius 3 is 2.41 bits per heavy atom. The molecule has 1 aromatic carbocycles. The van der Waals surface area contributed by atoms with Crippen LogP contribution in [0, 0.1) is 0 Å². The fourth-order valence-corrected chi connectivity index (χ4v) is 5.19. The van der Waals surface area contributed by atoms with Crippen molar-refractivity contribution in [3.05, 3.63) is 30.5 Å². The first-order valence-corrected chi connectivity index (χ1v) is 12.9. The van der Waals surface area contributed by atoms with E-state index >= 15 is 0 Å². The molecule has 0 radical (unpaired) electrons. The maximum Gasteiger partial charge on any atom is 0.319 e. The molecule has 2 saturated heterocycles. The molecule has 2 N–H and O–H groups in total. The smallest absolute Gasteiger partial charge is 0.319 e. The number of ether oxygens (including phenoxy) is 3. The van der Waals surface area contributed by atoms with Crippen LogP contribution in [0.1, 0.15) is 31.7 Å². The van der Waals surface area contributed by atoms with Gasteiger partial charge in [0.05, 0.1) is 37.0 Å². The largest absolute Gasteiger partial charge is 0.382 e. The van der Waals surface area contributed by atoms with Gasteiger partial charge in [-0.3, -0.25) is 0 Å². The first-order valence-electron chi connectivity index (χ1n) is 12.9.